The standard InChI is InChI=1S/C18H17BN2/c1-2-13-9-11-15(12-10-13)19-20-16-7-3-5-14-6-4-8-17(21-19)18(14)16/h3-12,20-21H,2H2,1H3. The van der Waals surface area contributed by atoms with Gasteiger partial charge in [-0.3, -0.25) is 0 Å². The number of aryl methyl sites for hydroxylation is 1. The van der Waals surface area contributed by atoms with Gasteiger partial charge in [-0.1, -0.05) is 55.5 Å². The first kappa shape index (κ1) is 12.3. The molecule has 0 fully saturated rings. The van der Waals surface area contributed by atoms with Crippen LogP contribution in [0.15, 0.2) is 60.7 Å². The molecule has 0 radical (unpaired) electrons. The van der Waals surface area contributed by atoms with Crippen molar-refractivity contribution in [2.24, 2.45) is 0 Å². The second-order valence-corrected chi connectivity index (χ2v) is 5.53. The van der Waals surface area contributed by atoms with Crippen LogP contribution in [0.3, 0.4) is 0 Å². The van der Waals surface area contributed by atoms with Gasteiger partial charge in [-0.05, 0) is 35.0 Å². The van der Waals surface area contributed by atoms with Gasteiger partial charge in [0.25, 0.3) is 0 Å². The van der Waals surface area contributed by atoms with Crippen LogP contribution in [0.25, 0.3) is 10.8 Å². The van der Waals surface area contributed by atoms with Gasteiger partial charge >= 0.3 is 6.98 Å². The van der Waals surface area contributed by atoms with Crippen LogP contribution in [0.1, 0.15) is 12.5 Å². The quantitative estimate of drug-likeness (QED) is 0.696. The Morgan fingerprint density at radius 3 is 2.00 bits per heavy atom. The molecule has 0 aliphatic carbocycles. The molecule has 0 bridgehead atoms. The second-order valence-electron chi connectivity index (χ2n) is 5.53. The third-order valence-electron chi connectivity index (χ3n) is 4.23. The van der Waals surface area contributed by atoms with E-state index in [1.54, 1.807) is 0 Å². The summed E-state index contributed by atoms with van der Waals surface area (Å²) >= 11 is 0. The monoisotopic (exact) mass is 272 g/mol. The van der Waals surface area contributed by atoms with E-state index in [-0.39, 0.29) is 6.98 Å². The third kappa shape index (κ3) is 2.06. The topological polar surface area (TPSA) is 24.1 Å². The minimum absolute atomic E-state index is 0.122. The molecule has 0 amide bonds. The molecule has 1 aliphatic heterocycles. The predicted octanol–water partition coefficient (Wildman–Crippen LogP) is 3.64. The molecule has 0 saturated heterocycles. The zero-order chi connectivity index (χ0) is 14.2. The van der Waals surface area contributed by atoms with Crippen molar-refractivity contribution in [1.82, 2.24) is 0 Å². The molecule has 3 aromatic rings. The Bertz CT molecular complexity index is 755. The van der Waals surface area contributed by atoms with Gasteiger partial charge in [0.1, 0.15) is 0 Å². The van der Waals surface area contributed by atoms with E-state index >= 15 is 0 Å². The number of anilines is 2. The Morgan fingerprint density at radius 2 is 1.43 bits per heavy atom. The summed E-state index contributed by atoms with van der Waals surface area (Å²) in [5.74, 6) is 0. The molecule has 1 heterocycles. The highest BCUT2D eigenvalue weighted by atomic mass is 15.0. The second kappa shape index (κ2) is 4.85. The van der Waals surface area contributed by atoms with Gasteiger partial charge in [-0.25, -0.2) is 0 Å². The highest BCUT2D eigenvalue weighted by Crippen LogP contribution is 2.33. The normalized spacial score (nSPS) is 12.9. The molecule has 3 heteroatoms. The van der Waals surface area contributed by atoms with Crippen molar-refractivity contribution in [2.45, 2.75) is 13.3 Å². The fourth-order valence-electron chi connectivity index (χ4n) is 3.04. The fraction of sp³-hybridized carbons (Fsp3) is 0.111. The Hall–Kier alpha value is -2.42. The maximum atomic E-state index is 3.60. The summed E-state index contributed by atoms with van der Waals surface area (Å²) in [4.78, 5) is 0. The summed E-state index contributed by atoms with van der Waals surface area (Å²) in [6.07, 6.45) is 1.08. The zero-order valence-electron chi connectivity index (χ0n) is 12.1. The summed E-state index contributed by atoms with van der Waals surface area (Å²) in [7, 11) is 0. The van der Waals surface area contributed by atoms with E-state index in [9.17, 15) is 0 Å². The predicted molar refractivity (Wildman–Crippen MR) is 92.4 cm³/mol. The summed E-state index contributed by atoms with van der Waals surface area (Å²) in [6.45, 7) is 2.31. The van der Waals surface area contributed by atoms with E-state index in [0.29, 0.717) is 0 Å². The maximum Gasteiger partial charge on any atom is 0.406 e. The third-order valence-corrected chi connectivity index (χ3v) is 4.23. The minimum Gasteiger partial charge on any atom is -0.405 e. The Labute approximate surface area is 125 Å². The molecule has 0 saturated carbocycles. The average Bonchev–Trinajstić information content (AvgIpc) is 2.55. The van der Waals surface area contributed by atoms with Crippen LogP contribution in [-0.4, -0.2) is 6.98 Å². The Balaban J connectivity index is 1.75. The van der Waals surface area contributed by atoms with Gasteiger partial charge in [0.15, 0.2) is 0 Å². The first-order chi connectivity index (χ1) is 10.3. The summed E-state index contributed by atoms with van der Waals surface area (Å²) in [5, 5.41) is 9.76. The van der Waals surface area contributed by atoms with Crippen molar-refractivity contribution in [3.05, 3.63) is 66.2 Å². The smallest absolute Gasteiger partial charge is 0.405 e. The molecular weight excluding hydrogens is 255 g/mol. The summed E-state index contributed by atoms with van der Waals surface area (Å²) < 4.78 is 0. The molecule has 2 N–H and O–H groups in total. The highest BCUT2D eigenvalue weighted by Gasteiger charge is 2.24. The molecule has 21 heavy (non-hydrogen) atoms. The van der Waals surface area contributed by atoms with Crippen LogP contribution in [0.5, 0.6) is 0 Å². The minimum atomic E-state index is 0.122. The summed E-state index contributed by atoms with van der Waals surface area (Å²) in [5.41, 5.74) is 5.04. The van der Waals surface area contributed by atoms with Crippen LogP contribution in [0.4, 0.5) is 11.4 Å². The molecule has 4 rings (SSSR count). The van der Waals surface area contributed by atoms with E-state index in [1.165, 1.54) is 33.2 Å². The average molecular weight is 272 g/mol. The SMILES string of the molecule is CCc1ccc(B2Nc3cccc4cccc(c34)N2)cc1. The summed E-state index contributed by atoms with van der Waals surface area (Å²) in [6, 6.07) is 21.7. The van der Waals surface area contributed by atoms with Crippen LogP contribution in [0.2, 0.25) is 0 Å². The fourth-order valence-corrected chi connectivity index (χ4v) is 3.04. The van der Waals surface area contributed by atoms with E-state index < -0.39 is 0 Å². The molecule has 0 unspecified atom stereocenters. The van der Waals surface area contributed by atoms with Gasteiger partial charge in [0.05, 0.1) is 0 Å². The lowest BCUT2D eigenvalue weighted by molar-refractivity contribution is 1.14. The number of hydrogen-bond donors (Lipinski definition) is 2. The molecule has 102 valence electrons. The lowest BCUT2D eigenvalue weighted by Gasteiger charge is -2.26. The number of nitrogens with one attached hydrogen (secondary N) is 2. The highest BCUT2D eigenvalue weighted by molar-refractivity contribution is 6.80. The first-order valence-corrected chi connectivity index (χ1v) is 7.49. The Morgan fingerprint density at radius 1 is 0.810 bits per heavy atom. The first-order valence-electron chi connectivity index (χ1n) is 7.49. The zero-order valence-corrected chi connectivity index (χ0v) is 12.1. The van der Waals surface area contributed by atoms with Crippen molar-refractivity contribution in [2.75, 3.05) is 10.5 Å². The molecule has 3 aromatic carbocycles. The molecule has 0 aromatic heterocycles. The van der Waals surface area contributed by atoms with Crippen molar-refractivity contribution < 1.29 is 0 Å². The van der Waals surface area contributed by atoms with Crippen LogP contribution in [0, 0.1) is 0 Å². The number of rotatable bonds is 2. The number of benzene rings is 3. The van der Waals surface area contributed by atoms with E-state index in [1.807, 2.05) is 0 Å². The van der Waals surface area contributed by atoms with E-state index in [4.69, 9.17) is 0 Å². The van der Waals surface area contributed by atoms with Crippen molar-refractivity contribution in [1.29, 1.82) is 0 Å². The van der Waals surface area contributed by atoms with Gasteiger partial charge in [0, 0.05) is 16.8 Å². The van der Waals surface area contributed by atoms with Crippen LogP contribution in [-0.2, 0) is 6.42 Å². The van der Waals surface area contributed by atoms with E-state index in [0.717, 1.165) is 6.42 Å². The van der Waals surface area contributed by atoms with E-state index in [2.05, 4.69) is 78.0 Å². The molecule has 1 aliphatic rings. The van der Waals surface area contributed by atoms with Crippen LogP contribution >= 0.6 is 0 Å². The van der Waals surface area contributed by atoms with Crippen LogP contribution < -0.4 is 15.9 Å². The molecule has 0 atom stereocenters. The number of hydrogen-bond acceptors (Lipinski definition) is 2. The van der Waals surface area contributed by atoms with Gasteiger partial charge in [-0.15, -0.1) is 0 Å². The lowest BCUT2D eigenvalue weighted by atomic mass is 9.66. The van der Waals surface area contributed by atoms with Crippen molar-refractivity contribution in [3.8, 4) is 0 Å². The van der Waals surface area contributed by atoms with Gasteiger partial charge in [0.2, 0.25) is 0 Å². The molecular formula is C18H17BN2. The molecule has 0 spiro atoms. The Kier molecular flexibility index (Phi) is 2.85. The maximum absolute atomic E-state index is 3.60. The van der Waals surface area contributed by atoms with Gasteiger partial charge in [-0.2, -0.15) is 0 Å². The molecule has 2 nitrogen and oxygen atoms in total. The lowest BCUT2D eigenvalue weighted by Crippen LogP contribution is -2.47. The van der Waals surface area contributed by atoms with Crippen molar-refractivity contribution >= 4 is 34.6 Å². The van der Waals surface area contributed by atoms with Crippen molar-refractivity contribution in [3.63, 3.8) is 0 Å². The van der Waals surface area contributed by atoms with Gasteiger partial charge < -0.3 is 10.5 Å². The largest absolute Gasteiger partial charge is 0.406 e.